The highest BCUT2D eigenvalue weighted by Crippen LogP contribution is 2.25. The monoisotopic (exact) mass is 294 g/mol. The van der Waals surface area contributed by atoms with Gasteiger partial charge in [-0.25, -0.2) is 0 Å². The Bertz CT molecular complexity index is 437. The Hall–Kier alpha value is -1.20. The lowest BCUT2D eigenvalue weighted by Gasteiger charge is -2.31. The third-order valence-electron chi connectivity index (χ3n) is 4.07. The number of rotatable bonds is 9. The maximum Gasteiger partial charge on any atom is 0.156 e. The molecule has 0 aromatic carbocycles. The largest absolute Gasteiger partial charge is 0.383 e. The van der Waals surface area contributed by atoms with E-state index >= 15 is 0 Å². The topological polar surface area (TPSA) is 64.3 Å². The molecule has 0 aliphatic carbocycles. The van der Waals surface area contributed by atoms with Gasteiger partial charge in [-0.15, -0.1) is 5.10 Å². The lowest BCUT2D eigenvalue weighted by atomic mass is 10.0. The summed E-state index contributed by atoms with van der Waals surface area (Å²) in [6.07, 6.45) is 2.88. The Morgan fingerprint density at radius 1 is 1.14 bits per heavy atom. The number of aryl methyl sites for hydroxylation is 1. The van der Waals surface area contributed by atoms with Crippen LogP contribution in [0.25, 0.3) is 0 Å². The number of anilines is 1. The molecule has 0 saturated heterocycles. The molecular formula is C16H30N4O. The normalized spacial score (nSPS) is 12.5. The minimum atomic E-state index is 0.386. The highest BCUT2D eigenvalue weighted by atomic mass is 16.5. The van der Waals surface area contributed by atoms with Crippen LogP contribution in [0.1, 0.15) is 50.9 Å². The van der Waals surface area contributed by atoms with Crippen LogP contribution in [-0.2, 0) is 24.1 Å². The van der Waals surface area contributed by atoms with E-state index in [0.717, 1.165) is 42.9 Å². The molecule has 1 heterocycles. The molecule has 2 N–H and O–H groups in total. The molecular weight excluding hydrogens is 264 g/mol. The van der Waals surface area contributed by atoms with Crippen molar-refractivity contribution >= 4 is 5.82 Å². The summed E-state index contributed by atoms with van der Waals surface area (Å²) in [5, 5.41) is 8.93. The first-order chi connectivity index (χ1) is 10.1. The Balaban J connectivity index is 3.29. The van der Waals surface area contributed by atoms with Crippen molar-refractivity contribution in [1.29, 1.82) is 0 Å². The van der Waals surface area contributed by atoms with Crippen molar-refractivity contribution in [2.24, 2.45) is 5.73 Å². The van der Waals surface area contributed by atoms with Gasteiger partial charge in [-0.05, 0) is 31.7 Å². The summed E-state index contributed by atoms with van der Waals surface area (Å²) in [5.41, 5.74) is 9.50. The molecule has 1 unspecified atom stereocenters. The molecule has 1 aromatic rings. The van der Waals surface area contributed by atoms with Crippen LogP contribution in [0.3, 0.4) is 0 Å². The van der Waals surface area contributed by atoms with Crippen LogP contribution >= 0.6 is 0 Å². The van der Waals surface area contributed by atoms with Gasteiger partial charge < -0.3 is 15.4 Å². The van der Waals surface area contributed by atoms with Crippen molar-refractivity contribution < 1.29 is 4.74 Å². The molecule has 120 valence electrons. The van der Waals surface area contributed by atoms with E-state index < -0.39 is 0 Å². The molecule has 0 bridgehead atoms. The van der Waals surface area contributed by atoms with Gasteiger partial charge in [-0.3, -0.25) is 0 Å². The van der Waals surface area contributed by atoms with Gasteiger partial charge in [0.05, 0.1) is 12.3 Å². The lowest BCUT2D eigenvalue weighted by molar-refractivity contribution is 0.203. The van der Waals surface area contributed by atoms with E-state index in [1.165, 1.54) is 5.56 Å². The van der Waals surface area contributed by atoms with Crippen LogP contribution in [0, 0.1) is 0 Å². The van der Waals surface area contributed by atoms with Gasteiger partial charge in [-0.1, -0.05) is 20.8 Å². The third-order valence-corrected chi connectivity index (χ3v) is 4.07. The molecule has 0 radical (unpaired) electrons. The molecule has 0 spiro atoms. The Morgan fingerprint density at radius 3 is 2.33 bits per heavy atom. The Labute approximate surface area is 128 Å². The van der Waals surface area contributed by atoms with Gasteiger partial charge in [-0.2, -0.15) is 5.10 Å². The number of nitrogens with two attached hydrogens (primary N) is 1. The van der Waals surface area contributed by atoms with Gasteiger partial charge in [0, 0.05) is 31.8 Å². The molecule has 1 rings (SSSR count). The van der Waals surface area contributed by atoms with Crippen molar-refractivity contribution in [2.45, 2.75) is 59.5 Å². The summed E-state index contributed by atoms with van der Waals surface area (Å²) < 4.78 is 5.24. The van der Waals surface area contributed by atoms with E-state index in [-0.39, 0.29) is 0 Å². The Morgan fingerprint density at radius 2 is 1.86 bits per heavy atom. The average molecular weight is 294 g/mol. The van der Waals surface area contributed by atoms with Crippen LogP contribution in [0.5, 0.6) is 0 Å². The number of hydrogen-bond donors (Lipinski definition) is 1. The minimum Gasteiger partial charge on any atom is -0.383 e. The van der Waals surface area contributed by atoms with Gasteiger partial charge in [0.15, 0.2) is 5.82 Å². The van der Waals surface area contributed by atoms with E-state index in [9.17, 15) is 0 Å². The van der Waals surface area contributed by atoms with Gasteiger partial charge >= 0.3 is 0 Å². The quantitative estimate of drug-likeness (QED) is 0.757. The van der Waals surface area contributed by atoms with E-state index in [1.54, 1.807) is 7.11 Å². The Kier molecular flexibility index (Phi) is 7.61. The maximum absolute atomic E-state index is 6.03. The van der Waals surface area contributed by atoms with E-state index in [1.807, 2.05) is 0 Å². The second-order valence-corrected chi connectivity index (χ2v) is 5.28. The predicted molar refractivity (Wildman–Crippen MR) is 87.7 cm³/mol. The first-order valence-corrected chi connectivity index (χ1v) is 7.97. The van der Waals surface area contributed by atoms with Crippen LogP contribution in [-0.4, -0.2) is 36.5 Å². The summed E-state index contributed by atoms with van der Waals surface area (Å²) in [5.74, 6) is 0.929. The predicted octanol–water partition coefficient (Wildman–Crippen LogP) is 2.31. The van der Waals surface area contributed by atoms with Crippen LogP contribution in [0.15, 0.2) is 0 Å². The zero-order chi connectivity index (χ0) is 15.8. The highest BCUT2D eigenvalue weighted by Gasteiger charge is 2.21. The second-order valence-electron chi connectivity index (χ2n) is 5.28. The summed E-state index contributed by atoms with van der Waals surface area (Å²) in [6, 6.07) is 0.386. The second kappa shape index (κ2) is 8.95. The molecule has 1 aromatic heterocycles. The fraction of sp³-hybridized carbons (Fsp3) is 0.750. The number of ether oxygens (including phenoxy) is 1. The number of methoxy groups -OCH3 is 1. The fourth-order valence-electron chi connectivity index (χ4n) is 2.63. The van der Waals surface area contributed by atoms with Crippen molar-refractivity contribution in [3.05, 3.63) is 16.8 Å². The maximum atomic E-state index is 6.03. The molecule has 1 atom stereocenters. The average Bonchev–Trinajstić information content (AvgIpc) is 2.53. The summed E-state index contributed by atoms with van der Waals surface area (Å²) in [4.78, 5) is 2.28. The van der Waals surface area contributed by atoms with E-state index in [2.05, 4.69) is 42.8 Å². The number of nitrogens with zero attached hydrogens (tertiary/aromatic N) is 3. The number of hydrogen-bond acceptors (Lipinski definition) is 5. The lowest BCUT2D eigenvalue weighted by Crippen LogP contribution is -2.37. The summed E-state index contributed by atoms with van der Waals surface area (Å²) >= 11 is 0. The number of aromatic nitrogens is 2. The first kappa shape index (κ1) is 17.9. The summed E-state index contributed by atoms with van der Waals surface area (Å²) in [7, 11) is 1.72. The van der Waals surface area contributed by atoms with E-state index in [0.29, 0.717) is 19.2 Å². The molecule has 5 nitrogen and oxygen atoms in total. The molecule has 0 fully saturated rings. The van der Waals surface area contributed by atoms with Crippen molar-refractivity contribution in [1.82, 2.24) is 10.2 Å². The molecule has 21 heavy (non-hydrogen) atoms. The van der Waals surface area contributed by atoms with Gasteiger partial charge in [0.1, 0.15) is 0 Å². The molecule has 0 aliphatic heterocycles. The fourth-order valence-corrected chi connectivity index (χ4v) is 2.63. The molecule has 5 heteroatoms. The zero-order valence-corrected chi connectivity index (χ0v) is 14.1. The zero-order valence-electron chi connectivity index (χ0n) is 14.1. The van der Waals surface area contributed by atoms with Gasteiger partial charge in [0.25, 0.3) is 0 Å². The highest BCUT2D eigenvalue weighted by molar-refractivity contribution is 5.52. The van der Waals surface area contributed by atoms with Crippen LogP contribution in [0.2, 0.25) is 0 Å². The molecule has 0 aliphatic rings. The van der Waals surface area contributed by atoms with E-state index in [4.69, 9.17) is 10.5 Å². The minimum absolute atomic E-state index is 0.386. The van der Waals surface area contributed by atoms with Gasteiger partial charge in [0.2, 0.25) is 0 Å². The van der Waals surface area contributed by atoms with Crippen molar-refractivity contribution in [3.63, 3.8) is 0 Å². The smallest absolute Gasteiger partial charge is 0.156 e. The summed E-state index contributed by atoms with van der Waals surface area (Å²) in [6.45, 7) is 10.6. The van der Waals surface area contributed by atoms with Crippen molar-refractivity contribution in [3.8, 4) is 0 Å². The molecule has 0 amide bonds. The SMILES string of the molecule is CCc1nnc(N(CCOC)C(C)CC)c(CN)c1CC. The standard InChI is InChI=1S/C16H30N4O/c1-6-12(4)20(9-10-21-5)16-14(11-17)13(7-2)15(8-3)18-19-16/h12H,6-11,17H2,1-5H3. The third kappa shape index (κ3) is 4.14. The van der Waals surface area contributed by atoms with Crippen molar-refractivity contribution in [2.75, 3.05) is 25.2 Å². The molecule has 0 saturated carbocycles. The first-order valence-electron chi connectivity index (χ1n) is 7.97. The van der Waals surface area contributed by atoms with Crippen LogP contribution < -0.4 is 10.6 Å². The van der Waals surface area contributed by atoms with Crippen LogP contribution in [0.4, 0.5) is 5.82 Å².